The zero-order valence-corrected chi connectivity index (χ0v) is 22.5. The van der Waals surface area contributed by atoms with Gasteiger partial charge in [-0.25, -0.2) is 9.78 Å². The van der Waals surface area contributed by atoms with Gasteiger partial charge in [0.1, 0.15) is 28.8 Å². The SMILES string of the molecule is Cc1cccc(Oc2ccc(-c3c(C#N)c4n(c3-c3ccc([N+](=O)[O-])cc3)CCN4C(=O)OC(C)(C)C)cc2)n1. The first-order valence-electron chi connectivity index (χ1n) is 12.7. The summed E-state index contributed by atoms with van der Waals surface area (Å²) in [6, 6.07) is 21.2. The van der Waals surface area contributed by atoms with E-state index in [1.807, 2.05) is 35.8 Å². The van der Waals surface area contributed by atoms with Crippen LogP contribution in [0.2, 0.25) is 0 Å². The van der Waals surface area contributed by atoms with E-state index in [4.69, 9.17) is 9.47 Å². The Morgan fingerprint density at radius 2 is 1.70 bits per heavy atom. The summed E-state index contributed by atoms with van der Waals surface area (Å²) in [5.74, 6) is 1.47. The van der Waals surface area contributed by atoms with E-state index in [0.29, 0.717) is 52.9 Å². The molecular formula is C30H27N5O5. The van der Waals surface area contributed by atoms with Crippen LogP contribution in [-0.4, -0.2) is 32.7 Å². The number of ether oxygens (including phenoxy) is 2. The normalized spacial score (nSPS) is 12.5. The zero-order valence-electron chi connectivity index (χ0n) is 22.5. The van der Waals surface area contributed by atoms with Crippen molar-refractivity contribution in [2.75, 3.05) is 11.4 Å². The first kappa shape index (κ1) is 26.4. The lowest BCUT2D eigenvalue weighted by molar-refractivity contribution is -0.384. The van der Waals surface area contributed by atoms with Gasteiger partial charge in [-0.3, -0.25) is 15.0 Å². The first-order valence-corrected chi connectivity index (χ1v) is 12.7. The molecule has 0 unspecified atom stereocenters. The number of nitro groups is 1. The van der Waals surface area contributed by atoms with Crippen molar-refractivity contribution in [2.24, 2.45) is 0 Å². The van der Waals surface area contributed by atoms with Gasteiger partial charge in [0, 0.05) is 42.5 Å². The lowest BCUT2D eigenvalue weighted by atomic mass is 9.97. The number of amides is 1. The minimum atomic E-state index is -0.712. The van der Waals surface area contributed by atoms with E-state index in [-0.39, 0.29) is 5.69 Å². The Kier molecular flexibility index (Phi) is 6.73. The Morgan fingerprint density at radius 3 is 2.30 bits per heavy atom. The molecule has 1 aliphatic heterocycles. The third-order valence-electron chi connectivity index (χ3n) is 6.34. The van der Waals surface area contributed by atoms with Crippen LogP contribution in [0.5, 0.6) is 11.6 Å². The summed E-state index contributed by atoms with van der Waals surface area (Å²) < 4.78 is 13.4. The van der Waals surface area contributed by atoms with Crippen molar-refractivity contribution in [2.45, 2.75) is 39.8 Å². The Labute approximate surface area is 231 Å². The molecule has 0 N–H and O–H groups in total. The molecule has 0 fully saturated rings. The molecule has 0 spiro atoms. The molecule has 1 aliphatic rings. The highest BCUT2D eigenvalue weighted by atomic mass is 16.6. The van der Waals surface area contributed by atoms with Crippen LogP contribution in [0.15, 0.2) is 66.7 Å². The standard InChI is InChI=1S/C30H27N5O5/c1-19-6-5-7-25(32-19)39-23-14-10-20(11-15-23)26-24(18-31)28-33(16-17-34(28)29(36)40-30(2,3)4)27(26)21-8-12-22(13-9-21)35(37)38/h5-15H,16-17H2,1-4H3. The second-order valence-corrected chi connectivity index (χ2v) is 10.4. The molecule has 10 nitrogen and oxygen atoms in total. The maximum absolute atomic E-state index is 13.1. The molecule has 5 rings (SSSR count). The molecule has 10 heteroatoms. The van der Waals surface area contributed by atoms with E-state index in [0.717, 1.165) is 11.3 Å². The molecule has 40 heavy (non-hydrogen) atoms. The fourth-order valence-electron chi connectivity index (χ4n) is 4.72. The van der Waals surface area contributed by atoms with Gasteiger partial charge in [0.05, 0.1) is 10.6 Å². The average molecular weight is 538 g/mol. The highest BCUT2D eigenvalue weighted by molar-refractivity contribution is 5.98. The van der Waals surface area contributed by atoms with Crippen LogP contribution in [0.3, 0.4) is 0 Å². The van der Waals surface area contributed by atoms with Crippen molar-refractivity contribution in [1.29, 1.82) is 5.26 Å². The number of nitriles is 1. The number of carbonyl (C=O) groups excluding carboxylic acids is 1. The lowest BCUT2D eigenvalue weighted by Crippen LogP contribution is -2.36. The Morgan fingerprint density at radius 1 is 1.02 bits per heavy atom. The quantitative estimate of drug-likeness (QED) is 0.201. The molecule has 0 saturated heterocycles. The van der Waals surface area contributed by atoms with Crippen LogP contribution >= 0.6 is 0 Å². The van der Waals surface area contributed by atoms with E-state index < -0.39 is 16.6 Å². The van der Waals surface area contributed by atoms with Crippen molar-refractivity contribution < 1.29 is 19.2 Å². The molecule has 202 valence electrons. The van der Waals surface area contributed by atoms with E-state index >= 15 is 0 Å². The molecule has 0 bridgehead atoms. The van der Waals surface area contributed by atoms with Gasteiger partial charge in [-0.15, -0.1) is 0 Å². The van der Waals surface area contributed by atoms with Crippen molar-refractivity contribution >= 4 is 17.6 Å². The van der Waals surface area contributed by atoms with Crippen LogP contribution in [-0.2, 0) is 11.3 Å². The molecule has 0 aliphatic carbocycles. The summed E-state index contributed by atoms with van der Waals surface area (Å²) in [5, 5.41) is 21.6. The summed E-state index contributed by atoms with van der Waals surface area (Å²) in [4.78, 5) is 29.8. The largest absolute Gasteiger partial charge is 0.443 e. The molecular weight excluding hydrogens is 510 g/mol. The van der Waals surface area contributed by atoms with Crippen molar-refractivity contribution in [3.63, 3.8) is 0 Å². The van der Waals surface area contributed by atoms with Gasteiger partial charge in [0.25, 0.3) is 5.69 Å². The van der Waals surface area contributed by atoms with Gasteiger partial charge < -0.3 is 14.0 Å². The van der Waals surface area contributed by atoms with Gasteiger partial charge in [0.15, 0.2) is 0 Å². The minimum absolute atomic E-state index is 0.0411. The molecule has 4 aromatic rings. The van der Waals surface area contributed by atoms with E-state index in [1.165, 1.54) is 17.0 Å². The minimum Gasteiger partial charge on any atom is -0.443 e. The number of rotatable bonds is 5. The number of nitrogens with zero attached hydrogens (tertiary/aromatic N) is 5. The fourth-order valence-corrected chi connectivity index (χ4v) is 4.72. The molecule has 0 atom stereocenters. The lowest BCUT2D eigenvalue weighted by Gasteiger charge is -2.24. The fraction of sp³-hybridized carbons (Fsp3) is 0.233. The smallest absolute Gasteiger partial charge is 0.416 e. The van der Waals surface area contributed by atoms with E-state index in [9.17, 15) is 20.2 Å². The number of non-ortho nitro benzene ring substituents is 1. The molecule has 1 amide bonds. The monoisotopic (exact) mass is 537 g/mol. The third-order valence-corrected chi connectivity index (χ3v) is 6.34. The van der Waals surface area contributed by atoms with Crippen LogP contribution in [0.1, 0.15) is 32.0 Å². The van der Waals surface area contributed by atoms with Gasteiger partial charge in [-0.1, -0.05) is 18.2 Å². The second kappa shape index (κ2) is 10.2. The highest BCUT2D eigenvalue weighted by Gasteiger charge is 2.37. The number of hydrogen-bond acceptors (Lipinski definition) is 7. The first-order chi connectivity index (χ1) is 19.1. The number of aromatic nitrogens is 2. The number of fused-ring (bicyclic) bond motifs is 1. The zero-order chi connectivity index (χ0) is 28.6. The summed E-state index contributed by atoms with van der Waals surface area (Å²) >= 11 is 0. The van der Waals surface area contributed by atoms with Crippen LogP contribution in [0.25, 0.3) is 22.4 Å². The topological polar surface area (TPSA) is 124 Å². The van der Waals surface area contributed by atoms with Gasteiger partial charge in [0.2, 0.25) is 5.88 Å². The maximum Gasteiger partial charge on any atom is 0.416 e. The number of pyridine rings is 1. The molecule has 0 radical (unpaired) electrons. The van der Waals surface area contributed by atoms with Crippen LogP contribution < -0.4 is 9.64 Å². The summed E-state index contributed by atoms with van der Waals surface area (Å²) in [5.41, 5.74) is 3.08. The molecule has 2 aromatic heterocycles. The van der Waals surface area contributed by atoms with Crippen molar-refractivity contribution in [3.8, 4) is 40.1 Å². The van der Waals surface area contributed by atoms with E-state index in [2.05, 4.69) is 11.1 Å². The number of hydrogen-bond donors (Lipinski definition) is 0. The van der Waals surface area contributed by atoms with Crippen LogP contribution in [0, 0.1) is 28.4 Å². The maximum atomic E-state index is 13.1. The van der Waals surface area contributed by atoms with Crippen LogP contribution in [0.4, 0.5) is 16.3 Å². The Balaban J connectivity index is 1.63. The number of nitro benzene ring substituents is 1. The predicted octanol–water partition coefficient (Wildman–Crippen LogP) is 6.85. The number of aryl methyl sites for hydroxylation is 1. The molecule has 2 aromatic carbocycles. The van der Waals surface area contributed by atoms with Gasteiger partial charge in [-0.2, -0.15) is 5.26 Å². The summed E-state index contributed by atoms with van der Waals surface area (Å²) in [7, 11) is 0. The summed E-state index contributed by atoms with van der Waals surface area (Å²) in [6.45, 7) is 8.00. The average Bonchev–Trinajstić information content (AvgIpc) is 3.46. The van der Waals surface area contributed by atoms with Gasteiger partial charge in [-0.05, 0) is 69.2 Å². The number of anilines is 1. The molecule has 0 saturated carbocycles. The molecule has 3 heterocycles. The Bertz CT molecular complexity index is 1640. The summed E-state index contributed by atoms with van der Waals surface area (Å²) in [6.07, 6.45) is -0.545. The van der Waals surface area contributed by atoms with Crippen molar-refractivity contribution in [1.82, 2.24) is 9.55 Å². The third kappa shape index (κ3) is 5.09. The number of carbonyl (C=O) groups is 1. The van der Waals surface area contributed by atoms with E-state index in [1.54, 1.807) is 51.1 Å². The highest BCUT2D eigenvalue weighted by Crippen LogP contribution is 2.46. The predicted molar refractivity (Wildman–Crippen MR) is 149 cm³/mol. The van der Waals surface area contributed by atoms with Gasteiger partial charge >= 0.3 is 6.09 Å². The van der Waals surface area contributed by atoms with Crippen molar-refractivity contribution in [3.05, 3.63) is 88.1 Å². The second-order valence-electron chi connectivity index (χ2n) is 10.4. The number of benzene rings is 2. The Hall–Kier alpha value is -5.17.